The first-order valence-electron chi connectivity index (χ1n) is 6.49. The Morgan fingerprint density at radius 1 is 1.37 bits per heavy atom. The molecule has 0 aliphatic carbocycles. The zero-order valence-electron chi connectivity index (χ0n) is 11.1. The first-order valence-corrected chi connectivity index (χ1v) is 6.49. The van der Waals surface area contributed by atoms with Crippen molar-refractivity contribution in [3.05, 3.63) is 29.6 Å². The van der Waals surface area contributed by atoms with E-state index < -0.39 is 12.9 Å². The highest BCUT2D eigenvalue weighted by Crippen LogP contribution is 2.15. The van der Waals surface area contributed by atoms with Crippen LogP contribution in [-0.2, 0) is 11.3 Å². The van der Waals surface area contributed by atoms with Crippen LogP contribution in [0.15, 0.2) is 18.2 Å². The number of piperidine rings is 1. The predicted molar refractivity (Wildman–Crippen MR) is 71.5 cm³/mol. The monoisotopic (exact) mass is 267 g/mol. The second-order valence-corrected chi connectivity index (χ2v) is 4.93. The maximum atomic E-state index is 13.1. The van der Waals surface area contributed by atoms with E-state index in [9.17, 15) is 14.4 Å². The molecule has 2 rings (SSSR count). The summed E-state index contributed by atoms with van der Waals surface area (Å²) in [5.41, 5.74) is 1.00. The molecule has 0 spiro atoms. The van der Waals surface area contributed by atoms with Crippen molar-refractivity contribution in [1.29, 1.82) is 0 Å². The standard InChI is InChI=1S/C13H19BFNO3/c1-19-12-4-6-16(7-5-12)9-10-2-3-11(15)8-13(10)14(17)18/h2-3,8,12,17-18H,4-7,9H2,1H3. The second kappa shape index (κ2) is 6.48. The number of likely N-dealkylation sites (tertiary alicyclic amines) is 1. The van der Waals surface area contributed by atoms with Gasteiger partial charge in [0.15, 0.2) is 0 Å². The van der Waals surface area contributed by atoms with E-state index in [1.54, 1.807) is 13.2 Å². The van der Waals surface area contributed by atoms with Gasteiger partial charge in [-0.05, 0) is 36.0 Å². The summed E-state index contributed by atoms with van der Waals surface area (Å²) in [6.07, 6.45) is 2.25. The number of hydrogen-bond acceptors (Lipinski definition) is 4. The molecular weight excluding hydrogens is 248 g/mol. The molecule has 1 aliphatic rings. The Morgan fingerprint density at radius 3 is 2.63 bits per heavy atom. The van der Waals surface area contributed by atoms with Crippen LogP contribution in [0.25, 0.3) is 0 Å². The molecule has 0 bridgehead atoms. The summed E-state index contributed by atoms with van der Waals surface area (Å²) in [4.78, 5) is 2.22. The van der Waals surface area contributed by atoms with Crippen LogP contribution in [0.3, 0.4) is 0 Å². The summed E-state index contributed by atoms with van der Waals surface area (Å²) in [7, 11) is 0.0859. The molecule has 1 fully saturated rings. The quantitative estimate of drug-likeness (QED) is 0.761. The molecule has 0 saturated carbocycles. The van der Waals surface area contributed by atoms with Gasteiger partial charge in [0.05, 0.1) is 6.10 Å². The molecule has 6 heteroatoms. The normalized spacial score (nSPS) is 17.7. The van der Waals surface area contributed by atoms with Crippen LogP contribution >= 0.6 is 0 Å². The van der Waals surface area contributed by atoms with Crippen molar-refractivity contribution < 1.29 is 19.2 Å². The Morgan fingerprint density at radius 2 is 2.05 bits per heavy atom. The Hall–Kier alpha value is -0.945. The van der Waals surface area contributed by atoms with Crippen LogP contribution in [-0.4, -0.2) is 48.4 Å². The zero-order chi connectivity index (χ0) is 13.8. The zero-order valence-corrected chi connectivity index (χ0v) is 11.1. The van der Waals surface area contributed by atoms with Gasteiger partial charge >= 0.3 is 7.12 Å². The van der Waals surface area contributed by atoms with Gasteiger partial charge in [-0.2, -0.15) is 0 Å². The minimum absolute atomic E-state index is 0.244. The van der Waals surface area contributed by atoms with Crippen LogP contribution in [0.4, 0.5) is 4.39 Å². The lowest BCUT2D eigenvalue weighted by Crippen LogP contribution is -2.40. The fourth-order valence-corrected chi connectivity index (χ4v) is 2.49. The third-order valence-corrected chi connectivity index (χ3v) is 3.65. The molecule has 0 atom stereocenters. The van der Waals surface area contributed by atoms with Gasteiger partial charge in [0.25, 0.3) is 0 Å². The van der Waals surface area contributed by atoms with Gasteiger partial charge < -0.3 is 14.8 Å². The fourth-order valence-electron chi connectivity index (χ4n) is 2.49. The maximum absolute atomic E-state index is 13.1. The molecule has 104 valence electrons. The number of methoxy groups -OCH3 is 1. The summed E-state index contributed by atoms with van der Waals surface area (Å²) < 4.78 is 18.4. The number of nitrogens with zero attached hydrogens (tertiary/aromatic N) is 1. The Balaban J connectivity index is 2.03. The average molecular weight is 267 g/mol. The summed E-state index contributed by atoms with van der Waals surface area (Å²) in [5.74, 6) is -0.454. The molecule has 19 heavy (non-hydrogen) atoms. The van der Waals surface area contributed by atoms with Crippen molar-refractivity contribution in [2.24, 2.45) is 0 Å². The summed E-state index contributed by atoms with van der Waals surface area (Å²) >= 11 is 0. The topological polar surface area (TPSA) is 52.9 Å². The second-order valence-electron chi connectivity index (χ2n) is 4.93. The first-order chi connectivity index (χ1) is 9.10. The predicted octanol–water partition coefficient (Wildman–Crippen LogP) is 0.116. The van der Waals surface area contributed by atoms with E-state index in [1.165, 1.54) is 12.1 Å². The fraction of sp³-hybridized carbons (Fsp3) is 0.538. The van der Waals surface area contributed by atoms with Crippen LogP contribution < -0.4 is 5.46 Å². The number of halogens is 1. The van der Waals surface area contributed by atoms with Gasteiger partial charge in [-0.1, -0.05) is 6.07 Å². The lowest BCUT2D eigenvalue weighted by atomic mass is 9.76. The van der Waals surface area contributed by atoms with E-state index >= 15 is 0 Å². The SMILES string of the molecule is COC1CCN(Cc2ccc(F)cc2B(O)O)CC1. The van der Waals surface area contributed by atoms with E-state index in [4.69, 9.17) is 4.74 Å². The highest BCUT2D eigenvalue weighted by molar-refractivity contribution is 6.59. The Bertz CT molecular complexity index is 422. The minimum atomic E-state index is -1.64. The van der Waals surface area contributed by atoms with E-state index in [1.807, 2.05) is 0 Å². The van der Waals surface area contributed by atoms with Crippen LogP contribution in [0.2, 0.25) is 0 Å². The van der Waals surface area contributed by atoms with E-state index in [0.717, 1.165) is 31.5 Å². The van der Waals surface area contributed by atoms with Crippen LogP contribution in [0.5, 0.6) is 0 Å². The molecule has 0 radical (unpaired) electrons. The molecular formula is C13H19BFNO3. The van der Waals surface area contributed by atoms with Crippen molar-refractivity contribution in [2.75, 3.05) is 20.2 Å². The highest BCUT2D eigenvalue weighted by Gasteiger charge is 2.22. The lowest BCUT2D eigenvalue weighted by molar-refractivity contribution is 0.0389. The summed E-state index contributed by atoms with van der Waals surface area (Å²) in [6.45, 7) is 2.40. The minimum Gasteiger partial charge on any atom is -0.423 e. The summed E-state index contributed by atoms with van der Waals surface area (Å²) in [6, 6.07) is 4.15. The largest absolute Gasteiger partial charge is 0.488 e. The molecule has 4 nitrogen and oxygen atoms in total. The van der Waals surface area contributed by atoms with Crippen molar-refractivity contribution in [2.45, 2.75) is 25.5 Å². The van der Waals surface area contributed by atoms with Crippen molar-refractivity contribution >= 4 is 12.6 Å². The third kappa shape index (κ3) is 3.76. The molecule has 0 aromatic heterocycles. The van der Waals surface area contributed by atoms with E-state index in [0.29, 0.717) is 12.6 Å². The first kappa shape index (κ1) is 14.5. The number of hydrogen-bond donors (Lipinski definition) is 2. The highest BCUT2D eigenvalue weighted by atomic mass is 19.1. The van der Waals surface area contributed by atoms with E-state index in [-0.39, 0.29) is 5.46 Å². The Kier molecular flexibility index (Phi) is 4.93. The molecule has 1 saturated heterocycles. The Labute approximate surface area is 113 Å². The number of rotatable bonds is 4. The molecule has 0 unspecified atom stereocenters. The smallest absolute Gasteiger partial charge is 0.423 e. The van der Waals surface area contributed by atoms with Gasteiger partial charge in [0.2, 0.25) is 0 Å². The maximum Gasteiger partial charge on any atom is 0.488 e. The molecule has 2 N–H and O–H groups in total. The van der Waals surface area contributed by atoms with Crippen LogP contribution in [0.1, 0.15) is 18.4 Å². The summed E-state index contributed by atoms with van der Waals surface area (Å²) in [5, 5.41) is 18.6. The molecule has 1 aliphatic heterocycles. The van der Waals surface area contributed by atoms with Gasteiger partial charge in [-0.3, -0.25) is 4.90 Å². The number of benzene rings is 1. The molecule has 0 amide bonds. The third-order valence-electron chi connectivity index (χ3n) is 3.65. The van der Waals surface area contributed by atoms with Gasteiger partial charge in [0, 0.05) is 26.7 Å². The molecule has 1 heterocycles. The van der Waals surface area contributed by atoms with Crippen LogP contribution in [0, 0.1) is 5.82 Å². The number of ether oxygens (including phenoxy) is 1. The van der Waals surface area contributed by atoms with Crippen molar-refractivity contribution in [3.8, 4) is 0 Å². The van der Waals surface area contributed by atoms with Gasteiger partial charge in [0.1, 0.15) is 5.82 Å². The average Bonchev–Trinajstić information content (AvgIpc) is 2.41. The molecule has 1 aromatic rings. The van der Waals surface area contributed by atoms with Gasteiger partial charge in [-0.25, -0.2) is 4.39 Å². The van der Waals surface area contributed by atoms with E-state index in [2.05, 4.69) is 4.90 Å². The van der Waals surface area contributed by atoms with Gasteiger partial charge in [-0.15, -0.1) is 0 Å². The molecule has 1 aromatic carbocycles. The lowest BCUT2D eigenvalue weighted by Gasteiger charge is -2.31. The van der Waals surface area contributed by atoms with Crippen molar-refractivity contribution in [1.82, 2.24) is 4.90 Å². The van der Waals surface area contributed by atoms with Crippen molar-refractivity contribution in [3.63, 3.8) is 0 Å².